The highest BCUT2D eigenvalue weighted by atomic mass is 32.2. The predicted octanol–water partition coefficient (Wildman–Crippen LogP) is 3.10. The molecule has 182 valence electrons. The number of ether oxygens (including phenoxy) is 1. The molecule has 1 saturated heterocycles. The van der Waals surface area contributed by atoms with Crippen molar-refractivity contribution in [2.45, 2.75) is 30.5 Å². The normalized spacial score (nSPS) is 15.0. The van der Waals surface area contributed by atoms with Gasteiger partial charge in [0.1, 0.15) is 6.54 Å². The highest BCUT2D eigenvalue weighted by Crippen LogP contribution is 2.21. The first-order valence-electron chi connectivity index (χ1n) is 10.6. The summed E-state index contributed by atoms with van der Waals surface area (Å²) < 4.78 is 71.1. The number of morpholine rings is 1. The first-order valence-corrected chi connectivity index (χ1v) is 12.0. The Balaban J connectivity index is 1.64. The molecular formula is C23H24F3N3O4S. The van der Waals surface area contributed by atoms with E-state index >= 15 is 0 Å². The fraction of sp³-hybridized carbons (Fsp3) is 0.391. The summed E-state index contributed by atoms with van der Waals surface area (Å²) in [7, 11) is -3.65. The maximum atomic E-state index is 13.1. The number of halogens is 3. The van der Waals surface area contributed by atoms with Crippen LogP contribution in [0.5, 0.6) is 0 Å². The van der Waals surface area contributed by atoms with Crippen LogP contribution in [0.1, 0.15) is 23.1 Å². The van der Waals surface area contributed by atoms with Crippen LogP contribution in [0.25, 0.3) is 0 Å². The molecule has 3 rings (SSSR count). The van der Waals surface area contributed by atoms with E-state index in [2.05, 4.69) is 0 Å². The van der Waals surface area contributed by atoms with E-state index < -0.39 is 28.7 Å². The smallest absolute Gasteiger partial charge is 0.379 e. The Morgan fingerprint density at radius 3 is 2.18 bits per heavy atom. The molecule has 1 heterocycles. The number of aryl methyl sites for hydroxylation is 1. The van der Waals surface area contributed by atoms with Gasteiger partial charge in [-0.25, -0.2) is 8.42 Å². The van der Waals surface area contributed by atoms with Crippen LogP contribution in [-0.2, 0) is 32.5 Å². The van der Waals surface area contributed by atoms with Gasteiger partial charge >= 0.3 is 6.18 Å². The molecule has 0 radical (unpaired) electrons. The minimum atomic E-state index is -4.56. The van der Waals surface area contributed by atoms with Crippen LogP contribution >= 0.6 is 0 Å². The van der Waals surface area contributed by atoms with E-state index in [4.69, 9.17) is 10.00 Å². The van der Waals surface area contributed by atoms with Gasteiger partial charge in [0.2, 0.25) is 15.9 Å². The van der Waals surface area contributed by atoms with E-state index in [1.165, 1.54) is 40.7 Å². The average molecular weight is 496 g/mol. The van der Waals surface area contributed by atoms with E-state index in [0.29, 0.717) is 29.9 Å². The Kier molecular flexibility index (Phi) is 8.30. The van der Waals surface area contributed by atoms with Crippen molar-refractivity contribution in [1.82, 2.24) is 9.21 Å². The predicted molar refractivity (Wildman–Crippen MR) is 117 cm³/mol. The van der Waals surface area contributed by atoms with Crippen LogP contribution in [-0.4, -0.2) is 62.6 Å². The lowest BCUT2D eigenvalue weighted by molar-refractivity contribution is -0.162. The molecule has 1 fully saturated rings. The molecule has 0 unspecified atom stereocenters. The van der Waals surface area contributed by atoms with Crippen molar-refractivity contribution in [1.29, 1.82) is 5.26 Å². The molecule has 0 atom stereocenters. The average Bonchev–Trinajstić information content (AvgIpc) is 2.82. The quantitative estimate of drug-likeness (QED) is 0.561. The van der Waals surface area contributed by atoms with E-state index in [1.807, 2.05) is 6.07 Å². The van der Waals surface area contributed by atoms with Crippen LogP contribution in [0.15, 0.2) is 53.4 Å². The molecule has 0 bridgehead atoms. The third kappa shape index (κ3) is 7.03. The number of hydrogen-bond donors (Lipinski definition) is 0. The Labute approximate surface area is 196 Å². The molecule has 0 N–H and O–H groups in total. The van der Waals surface area contributed by atoms with E-state index in [-0.39, 0.29) is 37.4 Å². The lowest BCUT2D eigenvalue weighted by atomic mass is 10.1. The Hall–Kier alpha value is -2.94. The van der Waals surface area contributed by atoms with Gasteiger partial charge in [-0.15, -0.1) is 0 Å². The molecule has 11 heteroatoms. The summed E-state index contributed by atoms with van der Waals surface area (Å²) in [5, 5.41) is 8.85. The number of hydrogen-bond acceptors (Lipinski definition) is 5. The number of carbonyl (C=O) groups excluding carboxylic acids is 1. The maximum Gasteiger partial charge on any atom is 0.406 e. The van der Waals surface area contributed by atoms with Crippen molar-refractivity contribution in [3.05, 3.63) is 65.2 Å². The second-order valence-electron chi connectivity index (χ2n) is 7.83. The molecule has 0 spiro atoms. The lowest BCUT2D eigenvalue weighted by Gasteiger charge is -2.26. The molecule has 0 aromatic heterocycles. The van der Waals surface area contributed by atoms with Gasteiger partial charge in [-0.1, -0.05) is 24.3 Å². The maximum absolute atomic E-state index is 13.1. The molecule has 1 amide bonds. The first-order chi connectivity index (χ1) is 16.1. The summed E-state index contributed by atoms with van der Waals surface area (Å²) in [6.45, 7) is -0.421. The molecule has 34 heavy (non-hydrogen) atoms. The number of sulfonamides is 1. The molecule has 2 aromatic carbocycles. The highest BCUT2D eigenvalue weighted by molar-refractivity contribution is 7.89. The minimum absolute atomic E-state index is 0.115. The monoisotopic (exact) mass is 495 g/mol. The summed E-state index contributed by atoms with van der Waals surface area (Å²) in [6, 6.07) is 13.9. The molecule has 0 aliphatic carbocycles. The summed E-state index contributed by atoms with van der Waals surface area (Å²) in [6.07, 6.45) is -4.56. The first kappa shape index (κ1) is 25.7. The largest absolute Gasteiger partial charge is 0.406 e. The van der Waals surface area contributed by atoms with Crippen molar-refractivity contribution in [3.8, 4) is 6.07 Å². The lowest BCUT2D eigenvalue weighted by Crippen LogP contribution is -2.40. The minimum Gasteiger partial charge on any atom is -0.379 e. The molecule has 0 saturated carbocycles. The van der Waals surface area contributed by atoms with Gasteiger partial charge in [-0.05, 0) is 41.8 Å². The summed E-state index contributed by atoms with van der Waals surface area (Å²) >= 11 is 0. The topological polar surface area (TPSA) is 90.7 Å². The van der Waals surface area contributed by atoms with Gasteiger partial charge < -0.3 is 9.64 Å². The number of rotatable bonds is 8. The summed E-state index contributed by atoms with van der Waals surface area (Å²) in [5.74, 6) is -0.674. The zero-order valence-electron chi connectivity index (χ0n) is 18.3. The van der Waals surface area contributed by atoms with E-state index in [0.717, 1.165) is 4.90 Å². The van der Waals surface area contributed by atoms with Crippen LogP contribution in [0.2, 0.25) is 0 Å². The molecular weight excluding hydrogens is 471 g/mol. The molecule has 7 nitrogen and oxygen atoms in total. The van der Waals surface area contributed by atoms with Crippen LogP contribution in [0.4, 0.5) is 13.2 Å². The van der Waals surface area contributed by atoms with Crippen LogP contribution in [0.3, 0.4) is 0 Å². The zero-order chi connectivity index (χ0) is 24.8. The standard InChI is InChI=1S/C23H24F3N3O4S/c24-23(25,26)17-28(16-20-3-1-19(15-27)2-4-20)22(30)10-7-18-5-8-21(9-6-18)34(31,32)29-11-13-33-14-12-29/h1-6,8-9H,7,10-14,16-17H2. The van der Waals surface area contributed by atoms with Gasteiger partial charge in [0.05, 0.1) is 29.7 Å². The number of alkyl halides is 3. The molecule has 1 aliphatic rings. The second-order valence-corrected chi connectivity index (χ2v) is 9.77. The Morgan fingerprint density at radius 1 is 1.03 bits per heavy atom. The van der Waals surface area contributed by atoms with Gasteiger partial charge in [0.15, 0.2) is 0 Å². The Bertz CT molecular complexity index is 1120. The fourth-order valence-electron chi connectivity index (χ4n) is 3.53. The van der Waals surface area contributed by atoms with Crippen LogP contribution in [0, 0.1) is 11.3 Å². The summed E-state index contributed by atoms with van der Waals surface area (Å²) in [4.78, 5) is 13.5. The SMILES string of the molecule is N#Cc1ccc(CN(CC(F)(F)F)C(=O)CCc2ccc(S(=O)(=O)N3CCOCC3)cc2)cc1. The number of amides is 1. The van der Waals surface area contributed by atoms with Crippen molar-refractivity contribution < 1.29 is 31.1 Å². The van der Waals surface area contributed by atoms with Crippen LogP contribution < -0.4 is 0 Å². The third-order valence-corrected chi connectivity index (χ3v) is 7.25. The van der Waals surface area contributed by atoms with E-state index in [1.54, 1.807) is 12.1 Å². The second kappa shape index (κ2) is 11.0. The van der Waals surface area contributed by atoms with Crippen molar-refractivity contribution in [2.75, 3.05) is 32.8 Å². The Morgan fingerprint density at radius 2 is 1.62 bits per heavy atom. The molecule has 1 aliphatic heterocycles. The number of carbonyl (C=O) groups is 1. The van der Waals surface area contributed by atoms with Gasteiger partial charge in [0.25, 0.3) is 0 Å². The van der Waals surface area contributed by atoms with Crippen molar-refractivity contribution in [2.24, 2.45) is 0 Å². The number of nitriles is 1. The van der Waals surface area contributed by atoms with E-state index in [9.17, 15) is 26.4 Å². The van der Waals surface area contributed by atoms with Gasteiger partial charge in [-0.3, -0.25) is 4.79 Å². The zero-order valence-corrected chi connectivity index (χ0v) is 19.1. The van der Waals surface area contributed by atoms with Gasteiger partial charge in [-0.2, -0.15) is 22.7 Å². The van der Waals surface area contributed by atoms with Gasteiger partial charge in [0, 0.05) is 26.1 Å². The highest BCUT2D eigenvalue weighted by Gasteiger charge is 2.33. The fourth-order valence-corrected chi connectivity index (χ4v) is 4.94. The van der Waals surface area contributed by atoms with Crippen molar-refractivity contribution in [3.63, 3.8) is 0 Å². The molecule has 2 aromatic rings. The third-order valence-electron chi connectivity index (χ3n) is 5.34. The number of benzene rings is 2. The van der Waals surface area contributed by atoms with Crippen molar-refractivity contribution >= 4 is 15.9 Å². The number of nitrogens with zero attached hydrogens (tertiary/aromatic N) is 3. The summed E-state index contributed by atoms with van der Waals surface area (Å²) in [5.41, 5.74) is 1.49.